The van der Waals surface area contributed by atoms with Crippen LogP contribution in [0.2, 0.25) is 0 Å². The highest BCUT2D eigenvalue weighted by Crippen LogP contribution is 2.39. The molecule has 0 bridgehead atoms. The molecule has 1 heterocycles. The van der Waals surface area contributed by atoms with Crippen LogP contribution < -0.4 is 24.8 Å². The minimum atomic E-state index is -0.800. The first-order chi connectivity index (χ1) is 12.0. The zero-order chi connectivity index (χ0) is 18.4. The SMILES string of the molecule is COc1cc(NC(=O)NC[C@H](O)c2cccn2C)cc(OC)c1OC. The summed E-state index contributed by atoms with van der Waals surface area (Å²) in [6.07, 6.45) is 1.03. The van der Waals surface area contributed by atoms with Gasteiger partial charge in [0, 0.05) is 31.1 Å². The highest BCUT2D eigenvalue weighted by atomic mass is 16.5. The summed E-state index contributed by atoms with van der Waals surface area (Å²) in [7, 11) is 6.33. The highest BCUT2D eigenvalue weighted by molar-refractivity contribution is 5.90. The molecule has 3 N–H and O–H groups in total. The molecule has 25 heavy (non-hydrogen) atoms. The van der Waals surface area contributed by atoms with E-state index in [0.29, 0.717) is 28.6 Å². The minimum Gasteiger partial charge on any atom is -0.493 e. The third-order valence-corrected chi connectivity index (χ3v) is 3.70. The number of rotatable bonds is 7. The van der Waals surface area contributed by atoms with Crippen LogP contribution in [0.15, 0.2) is 30.5 Å². The largest absolute Gasteiger partial charge is 0.493 e. The maximum atomic E-state index is 12.1. The summed E-state index contributed by atoms with van der Waals surface area (Å²) in [6, 6.07) is 6.41. The number of hydrogen-bond acceptors (Lipinski definition) is 5. The molecule has 2 rings (SSSR count). The van der Waals surface area contributed by atoms with E-state index in [4.69, 9.17) is 14.2 Å². The Hall–Kier alpha value is -2.87. The number of nitrogens with one attached hydrogen (secondary N) is 2. The molecule has 0 saturated heterocycles. The number of carbonyl (C=O) groups excluding carboxylic acids is 1. The van der Waals surface area contributed by atoms with Crippen molar-refractivity contribution in [1.82, 2.24) is 9.88 Å². The molecule has 0 unspecified atom stereocenters. The van der Waals surface area contributed by atoms with E-state index in [1.165, 1.54) is 21.3 Å². The van der Waals surface area contributed by atoms with Gasteiger partial charge in [-0.3, -0.25) is 0 Å². The fourth-order valence-corrected chi connectivity index (χ4v) is 2.44. The van der Waals surface area contributed by atoms with Crippen LogP contribution in [0.4, 0.5) is 10.5 Å². The molecule has 2 aromatic rings. The van der Waals surface area contributed by atoms with E-state index in [1.54, 1.807) is 22.8 Å². The number of benzene rings is 1. The second-order valence-electron chi connectivity index (χ2n) is 5.31. The summed E-state index contributed by atoms with van der Waals surface area (Å²) in [6.45, 7) is 0.0775. The van der Waals surface area contributed by atoms with Crippen LogP contribution in [-0.2, 0) is 7.05 Å². The Labute approximate surface area is 146 Å². The van der Waals surface area contributed by atoms with Gasteiger partial charge < -0.3 is 34.5 Å². The first-order valence-corrected chi connectivity index (χ1v) is 7.64. The average molecular weight is 349 g/mol. The zero-order valence-electron chi connectivity index (χ0n) is 14.7. The number of ether oxygens (including phenoxy) is 3. The summed E-state index contributed by atoms with van der Waals surface area (Å²) < 4.78 is 17.5. The number of aryl methyl sites for hydroxylation is 1. The molecular weight excluding hydrogens is 326 g/mol. The van der Waals surface area contributed by atoms with Crippen LogP contribution in [-0.4, -0.2) is 43.6 Å². The fraction of sp³-hybridized carbons (Fsp3) is 0.353. The number of anilines is 1. The lowest BCUT2D eigenvalue weighted by Crippen LogP contribution is -2.32. The molecule has 0 aliphatic rings. The maximum Gasteiger partial charge on any atom is 0.319 e. The summed E-state index contributed by atoms with van der Waals surface area (Å²) in [5, 5.41) is 15.4. The lowest BCUT2D eigenvalue weighted by Gasteiger charge is -2.16. The molecule has 2 amide bonds. The second-order valence-corrected chi connectivity index (χ2v) is 5.31. The van der Waals surface area contributed by atoms with Gasteiger partial charge in [0.05, 0.1) is 33.6 Å². The van der Waals surface area contributed by atoms with Crippen molar-refractivity contribution >= 4 is 11.7 Å². The molecule has 0 aliphatic carbocycles. The fourth-order valence-electron chi connectivity index (χ4n) is 2.44. The number of carbonyl (C=O) groups is 1. The summed E-state index contributed by atoms with van der Waals surface area (Å²) in [5.74, 6) is 1.30. The Bertz CT molecular complexity index is 704. The van der Waals surface area contributed by atoms with Gasteiger partial charge >= 0.3 is 6.03 Å². The van der Waals surface area contributed by atoms with E-state index < -0.39 is 12.1 Å². The molecule has 8 nitrogen and oxygen atoms in total. The maximum absolute atomic E-state index is 12.1. The standard InChI is InChI=1S/C17H23N3O5/c1-20-7-5-6-12(20)13(21)10-18-17(22)19-11-8-14(23-2)16(25-4)15(9-11)24-3/h5-9,13,21H,10H2,1-4H3,(H2,18,19,22)/t13-/m0/s1. The van der Waals surface area contributed by atoms with E-state index >= 15 is 0 Å². The number of amides is 2. The zero-order valence-corrected chi connectivity index (χ0v) is 14.7. The first-order valence-electron chi connectivity index (χ1n) is 7.64. The molecule has 0 saturated carbocycles. The van der Waals surface area contributed by atoms with Gasteiger partial charge in [-0.2, -0.15) is 0 Å². The number of hydrogen-bond donors (Lipinski definition) is 3. The van der Waals surface area contributed by atoms with Crippen molar-refractivity contribution in [2.45, 2.75) is 6.10 Å². The molecule has 0 fully saturated rings. The lowest BCUT2D eigenvalue weighted by molar-refractivity contribution is 0.167. The summed E-state index contributed by atoms with van der Waals surface area (Å²) >= 11 is 0. The molecule has 136 valence electrons. The van der Waals surface area contributed by atoms with Crippen molar-refractivity contribution in [3.05, 3.63) is 36.2 Å². The van der Waals surface area contributed by atoms with Crippen LogP contribution in [0.25, 0.3) is 0 Å². The number of aromatic nitrogens is 1. The van der Waals surface area contributed by atoms with Crippen LogP contribution in [0.5, 0.6) is 17.2 Å². The molecule has 1 atom stereocenters. The quantitative estimate of drug-likeness (QED) is 0.710. The number of urea groups is 1. The monoisotopic (exact) mass is 349 g/mol. The predicted molar refractivity (Wildman–Crippen MR) is 93.5 cm³/mol. The van der Waals surface area contributed by atoms with E-state index in [-0.39, 0.29) is 6.54 Å². The lowest BCUT2D eigenvalue weighted by atomic mass is 10.2. The van der Waals surface area contributed by atoms with Gasteiger partial charge in [0.25, 0.3) is 0 Å². The van der Waals surface area contributed by atoms with Gasteiger partial charge in [-0.05, 0) is 12.1 Å². The van der Waals surface area contributed by atoms with Crippen molar-refractivity contribution < 1.29 is 24.1 Å². The van der Waals surface area contributed by atoms with Gasteiger partial charge in [0.1, 0.15) is 6.10 Å². The van der Waals surface area contributed by atoms with Crippen molar-refractivity contribution in [3.63, 3.8) is 0 Å². The van der Waals surface area contributed by atoms with Gasteiger partial charge in [0.15, 0.2) is 11.5 Å². The molecule has 0 aliphatic heterocycles. The summed E-state index contributed by atoms with van der Waals surface area (Å²) in [4.78, 5) is 12.1. The first kappa shape index (κ1) is 18.5. The Morgan fingerprint density at radius 2 is 1.84 bits per heavy atom. The van der Waals surface area contributed by atoms with Gasteiger partial charge in [0.2, 0.25) is 5.75 Å². The van der Waals surface area contributed by atoms with Crippen LogP contribution in [0, 0.1) is 0 Å². The van der Waals surface area contributed by atoms with Crippen molar-refractivity contribution in [3.8, 4) is 17.2 Å². The topological polar surface area (TPSA) is 94.0 Å². The third kappa shape index (κ3) is 4.36. The van der Waals surface area contributed by atoms with E-state index in [2.05, 4.69) is 10.6 Å². The van der Waals surface area contributed by atoms with Crippen molar-refractivity contribution in [2.75, 3.05) is 33.2 Å². The van der Waals surface area contributed by atoms with Gasteiger partial charge in [-0.1, -0.05) is 0 Å². The third-order valence-electron chi connectivity index (χ3n) is 3.70. The average Bonchev–Trinajstić information content (AvgIpc) is 3.04. The molecular formula is C17H23N3O5. The number of methoxy groups -OCH3 is 3. The van der Waals surface area contributed by atoms with Gasteiger partial charge in [-0.25, -0.2) is 4.79 Å². The second kappa shape index (κ2) is 8.29. The highest BCUT2D eigenvalue weighted by Gasteiger charge is 2.15. The molecule has 0 radical (unpaired) electrons. The van der Waals surface area contributed by atoms with Crippen molar-refractivity contribution in [2.24, 2.45) is 7.05 Å². The molecule has 0 spiro atoms. The smallest absolute Gasteiger partial charge is 0.319 e. The van der Waals surface area contributed by atoms with Crippen LogP contribution in [0.1, 0.15) is 11.8 Å². The molecule has 8 heteroatoms. The minimum absolute atomic E-state index is 0.0775. The molecule has 1 aromatic carbocycles. The van der Waals surface area contributed by atoms with Crippen molar-refractivity contribution in [1.29, 1.82) is 0 Å². The van der Waals surface area contributed by atoms with E-state index in [0.717, 1.165) is 0 Å². The normalized spacial score (nSPS) is 11.6. The van der Waals surface area contributed by atoms with Crippen LogP contribution >= 0.6 is 0 Å². The predicted octanol–water partition coefficient (Wildman–Crippen LogP) is 1.91. The Balaban J connectivity index is 2.01. The summed E-state index contributed by atoms with van der Waals surface area (Å²) in [5.41, 5.74) is 1.19. The van der Waals surface area contributed by atoms with E-state index in [1.807, 2.05) is 19.3 Å². The Morgan fingerprint density at radius 3 is 2.32 bits per heavy atom. The number of nitrogens with zero attached hydrogens (tertiary/aromatic N) is 1. The number of aliphatic hydroxyl groups excluding tert-OH is 1. The Kier molecular flexibility index (Phi) is 6.13. The van der Waals surface area contributed by atoms with E-state index in [9.17, 15) is 9.90 Å². The molecule has 1 aromatic heterocycles. The van der Waals surface area contributed by atoms with Gasteiger partial charge in [-0.15, -0.1) is 0 Å². The Morgan fingerprint density at radius 1 is 1.20 bits per heavy atom. The van der Waals surface area contributed by atoms with Crippen LogP contribution in [0.3, 0.4) is 0 Å². The number of aliphatic hydroxyl groups is 1.